The second kappa shape index (κ2) is 18.6. The minimum atomic E-state index is -4.92. The van der Waals surface area contributed by atoms with Crippen LogP contribution >= 0.6 is 31.9 Å². The van der Waals surface area contributed by atoms with Gasteiger partial charge in [-0.1, -0.05) is 6.92 Å². The third kappa shape index (κ3) is 10.8. The predicted molar refractivity (Wildman–Crippen MR) is 212 cm³/mol. The van der Waals surface area contributed by atoms with Crippen LogP contribution in [0.15, 0.2) is 78.7 Å². The van der Waals surface area contributed by atoms with Gasteiger partial charge in [0, 0.05) is 42.4 Å². The number of nitro groups is 4. The van der Waals surface area contributed by atoms with Crippen molar-refractivity contribution in [2.45, 2.75) is 45.1 Å². The molecular weight excluding hydrogens is 913 g/mol. The Morgan fingerprint density at radius 3 is 1.89 bits per heavy atom. The van der Waals surface area contributed by atoms with Crippen molar-refractivity contribution in [3.63, 3.8) is 0 Å². The number of ether oxygens (including phenoxy) is 1. The van der Waals surface area contributed by atoms with Crippen molar-refractivity contribution in [3.8, 4) is 5.75 Å². The molecule has 0 aromatic heterocycles. The number of non-ortho nitro benzene ring substituents is 2. The highest BCUT2D eigenvalue weighted by Crippen LogP contribution is 2.48. The fourth-order valence-electron chi connectivity index (χ4n) is 5.05. The van der Waals surface area contributed by atoms with Gasteiger partial charge in [0.25, 0.3) is 17.1 Å². The molecule has 0 aliphatic heterocycles. The number of nitrogens with zero attached hydrogens (tertiary/aromatic N) is 7. The van der Waals surface area contributed by atoms with Gasteiger partial charge < -0.3 is 20.7 Å². The minimum absolute atomic E-state index is 0.0517. The lowest BCUT2D eigenvalue weighted by Gasteiger charge is -2.34. The Balaban J connectivity index is 0.000000522. The van der Waals surface area contributed by atoms with Crippen LogP contribution in [0.2, 0.25) is 0 Å². The van der Waals surface area contributed by atoms with E-state index in [-0.39, 0.29) is 49.2 Å². The highest BCUT2D eigenvalue weighted by Gasteiger charge is 2.28. The zero-order valence-electron chi connectivity index (χ0n) is 30.1. The molecule has 0 fully saturated rings. The van der Waals surface area contributed by atoms with Gasteiger partial charge in [0.05, 0.1) is 64.2 Å². The van der Waals surface area contributed by atoms with E-state index in [1.54, 1.807) is 6.92 Å². The molecule has 0 aliphatic carbocycles. The molecule has 57 heavy (non-hydrogen) atoms. The maximum absolute atomic E-state index is 13.6. The van der Waals surface area contributed by atoms with E-state index in [4.69, 9.17) is 10.5 Å². The van der Waals surface area contributed by atoms with E-state index < -0.39 is 57.8 Å². The summed E-state index contributed by atoms with van der Waals surface area (Å²) in [6.45, 7) is 6.76. The molecule has 4 rings (SSSR count). The Labute approximate surface area is 338 Å². The van der Waals surface area contributed by atoms with Gasteiger partial charge in [-0.3, -0.25) is 45.3 Å². The monoisotopic (exact) mass is 941 g/mol. The van der Waals surface area contributed by atoms with Crippen LogP contribution in [0, 0.1) is 47.4 Å². The molecular formula is C32H30Br2FN9O12S. The summed E-state index contributed by atoms with van der Waals surface area (Å²) in [5, 5.41) is 54.5. The molecule has 4 aromatic carbocycles. The largest absolute Gasteiger partial charge is 0.494 e. The summed E-state index contributed by atoms with van der Waals surface area (Å²) in [4.78, 5) is 54.1. The van der Waals surface area contributed by atoms with E-state index in [2.05, 4.69) is 47.4 Å². The lowest BCUT2D eigenvalue weighted by molar-refractivity contribution is -0.394. The van der Waals surface area contributed by atoms with Crippen LogP contribution in [0.25, 0.3) is 0 Å². The van der Waals surface area contributed by atoms with Gasteiger partial charge in [0.2, 0.25) is 5.91 Å². The first kappa shape index (κ1) is 45.2. The molecule has 0 saturated carbocycles. The van der Waals surface area contributed by atoms with E-state index in [0.29, 0.717) is 23.4 Å². The average molecular weight is 944 g/mol. The lowest BCUT2D eigenvalue weighted by Crippen LogP contribution is -2.29. The molecule has 1 amide bonds. The van der Waals surface area contributed by atoms with E-state index in [0.717, 1.165) is 36.4 Å². The van der Waals surface area contributed by atoms with Crippen LogP contribution in [-0.4, -0.2) is 47.2 Å². The van der Waals surface area contributed by atoms with Crippen molar-refractivity contribution >= 4 is 105 Å². The summed E-state index contributed by atoms with van der Waals surface area (Å²) >= 11 is 5.98. The van der Waals surface area contributed by atoms with Crippen LogP contribution < -0.4 is 20.7 Å². The van der Waals surface area contributed by atoms with Crippen molar-refractivity contribution in [2.24, 2.45) is 10.2 Å². The number of carbonyl (C=O) groups is 1. The smallest absolute Gasteiger partial charge is 0.332 e. The van der Waals surface area contributed by atoms with Crippen LogP contribution in [-0.2, 0) is 15.0 Å². The first-order valence-corrected chi connectivity index (χ1v) is 18.8. The fourth-order valence-corrected chi connectivity index (χ4v) is 6.46. The number of benzene rings is 4. The summed E-state index contributed by atoms with van der Waals surface area (Å²) in [6.07, 6.45) is 0.612. The maximum Gasteiger partial charge on any atom is 0.332 e. The number of nitrogens with one attached hydrogen (secondary N) is 1. The lowest BCUT2D eigenvalue weighted by atomic mass is 10.0. The summed E-state index contributed by atoms with van der Waals surface area (Å²) in [5.74, 6) is -0.217. The van der Waals surface area contributed by atoms with Gasteiger partial charge in [-0.2, -0.15) is 8.42 Å². The molecule has 1 atom stereocenters. The first-order valence-electron chi connectivity index (χ1n) is 15.8. The van der Waals surface area contributed by atoms with Crippen molar-refractivity contribution in [1.29, 1.82) is 0 Å². The van der Waals surface area contributed by atoms with Gasteiger partial charge in [0.15, 0.2) is 5.69 Å². The van der Waals surface area contributed by atoms with Crippen molar-refractivity contribution < 1.29 is 41.5 Å². The Kier molecular flexibility index (Phi) is 14.8. The molecule has 1 unspecified atom stereocenters. The normalized spacial score (nSPS) is 11.6. The van der Waals surface area contributed by atoms with E-state index in [1.165, 1.54) is 32.2 Å². The number of methoxy groups -OCH3 is 1. The third-order valence-electron chi connectivity index (χ3n) is 7.87. The van der Waals surface area contributed by atoms with E-state index in [9.17, 15) is 57.6 Å². The predicted octanol–water partition coefficient (Wildman–Crippen LogP) is 9.40. The molecule has 4 aromatic rings. The fraction of sp³-hybridized carbons (Fsp3) is 0.219. The standard InChI is InChI=1S/C26H26BrFN6O8S.C6H4BrN3O4/c1-6-14(2)32(17-7-9-19(10-8-17)43(28,40)41)26-15(3)24(29-16(4)35)21(13-23(26)42-5)30-31-25-20(27)11-18(33(36)37)12-22(25)34(38)39;7-4-1-3(9(11)12)2-5(6(4)8)10(13)14/h7-14H,6H2,1-5H3,(H,29,35);1-2H,8H2. The third-order valence-corrected chi connectivity index (χ3v) is 9.97. The zero-order chi connectivity index (χ0) is 43.1. The molecule has 0 saturated heterocycles. The first-order chi connectivity index (χ1) is 26.5. The number of nitro benzene ring substituents is 4. The van der Waals surface area contributed by atoms with Crippen LogP contribution in [0.3, 0.4) is 0 Å². The number of hydrogen-bond acceptors (Lipinski definition) is 16. The topological polar surface area (TPSA) is 299 Å². The molecule has 302 valence electrons. The molecule has 0 heterocycles. The average Bonchev–Trinajstić information content (AvgIpc) is 3.13. The number of azo groups is 1. The van der Waals surface area contributed by atoms with Gasteiger partial charge in [-0.15, -0.1) is 14.1 Å². The van der Waals surface area contributed by atoms with Gasteiger partial charge in [0.1, 0.15) is 17.1 Å². The highest BCUT2D eigenvalue weighted by molar-refractivity contribution is 9.11. The number of nitrogens with two attached hydrogens (primary N) is 1. The minimum Gasteiger partial charge on any atom is -0.494 e. The Morgan fingerprint density at radius 2 is 1.44 bits per heavy atom. The molecule has 0 spiro atoms. The van der Waals surface area contributed by atoms with Gasteiger partial charge in [-0.25, -0.2) is 0 Å². The number of hydrogen-bond donors (Lipinski definition) is 2. The molecule has 0 bridgehead atoms. The zero-order valence-corrected chi connectivity index (χ0v) is 34.1. The van der Waals surface area contributed by atoms with Crippen LogP contribution in [0.5, 0.6) is 5.75 Å². The highest BCUT2D eigenvalue weighted by atomic mass is 79.9. The number of halogens is 3. The van der Waals surface area contributed by atoms with Crippen LogP contribution in [0.4, 0.5) is 60.8 Å². The molecule has 21 nitrogen and oxygen atoms in total. The Hall–Kier alpha value is -6.21. The molecule has 25 heteroatoms. The van der Waals surface area contributed by atoms with Crippen molar-refractivity contribution in [2.75, 3.05) is 23.1 Å². The number of amides is 1. The molecule has 0 aliphatic rings. The van der Waals surface area contributed by atoms with Crippen molar-refractivity contribution in [1.82, 2.24) is 0 Å². The quantitative estimate of drug-likeness (QED) is 0.0415. The second-order valence-corrected chi connectivity index (χ2v) is 14.6. The second-order valence-electron chi connectivity index (χ2n) is 11.6. The summed E-state index contributed by atoms with van der Waals surface area (Å²) < 4.78 is 42.1. The summed E-state index contributed by atoms with van der Waals surface area (Å²) in [6, 6.07) is 10.1. The number of carbonyl (C=O) groups excluding carboxylic acids is 1. The number of anilines is 4. The maximum atomic E-state index is 13.6. The molecule has 3 N–H and O–H groups in total. The molecule has 0 radical (unpaired) electrons. The Bertz CT molecular complexity index is 2420. The summed E-state index contributed by atoms with van der Waals surface area (Å²) in [5.41, 5.74) is 4.51. The van der Waals surface area contributed by atoms with E-state index in [1.807, 2.05) is 18.7 Å². The van der Waals surface area contributed by atoms with Gasteiger partial charge >= 0.3 is 15.9 Å². The van der Waals surface area contributed by atoms with E-state index >= 15 is 0 Å². The van der Waals surface area contributed by atoms with Crippen LogP contribution in [0.1, 0.15) is 32.8 Å². The number of nitrogen functional groups attached to an aromatic ring is 1. The SMILES string of the molecule is CCC(C)N(c1ccc(S(=O)(=O)F)cc1)c1c(OC)cc(N=Nc2c(Br)cc([N+](=O)[O-])cc2[N+](=O)[O-])c(NC(C)=O)c1C.Nc1c(Br)cc([N+](=O)[O-])cc1[N+](=O)[O-]. The Morgan fingerprint density at radius 1 is 0.912 bits per heavy atom. The summed E-state index contributed by atoms with van der Waals surface area (Å²) in [7, 11) is -3.53. The van der Waals surface area contributed by atoms with Crippen molar-refractivity contribution in [3.05, 3.63) is 110 Å². The number of rotatable bonds is 13. The van der Waals surface area contributed by atoms with Gasteiger partial charge in [-0.05, 0) is 76.4 Å².